The zero-order valence-corrected chi connectivity index (χ0v) is 18.6. The molecule has 31 heavy (non-hydrogen) atoms. The fourth-order valence-electron chi connectivity index (χ4n) is 3.35. The molecule has 1 aliphatic rings. The number of rotatable bonds is 9. The number of para-hydroxylation sites is 1. The van der Waals surface area contributed by atoms with Crippen molar-refractivity contribution >= 4 is 34.7 Å². The number of nitrogens with one attached hydrogen (secondary N) is 2. The fraction of sp³-hybridized carbons (Fsp3) is 0.429. The first-order chi connectivity index (χ1) is 15.0. The van der Waals surface area contributed by atoms with E-state index in [9.17, 15) is 14.4 Å². The molecule has 3 rings (SSSR count). The number of aromatic nitrogens is 2. The number of ether oxygens (including phenoxy) is 2. The zero-order valence-electron chi connectivity index (χ0n) is 17.8. The lowest BCUT2D eigenvalue weighted by Crippen LogP contribution is -2.49. The van der Waals surface area contributed by atoms with Crippen LogP contribution >= 0.6 is 11.8 Å². The second-order valence-electron chi connectivity index (χ2n) is 6.94. The third kappa shape index (κ3) is 5.26. The van der Waals surface area contributed by atoms with Crippen molar-refractivity contribution in [1.82, 2.24) is 20.2 Å². The summed E-state index contributed by atoms with van der Waals surface area (Å²) >= 11 is 1.29. The van der Waals surface area contributed by atoms with Crippen LogP contribution in [-0.2, 0) is 20.8 Å². The lowest BCUT2D eigenvalue weighted by atomic mass is 10.1. The monoisotopic (exact) mass is 446 g/mol. The predicted molar refractivity (Wildman–Crippen MR) is 118 cm³/mol. The number of esters is 1. The Bertz CT molecular complexity index is 1070. The average Bonchev–Trinajstić information content (AvgIpc) is 2.74. The van der Waals surface area contributed by atoms with E-state index in [0.717, 1.165) is 0 Å². The van der Waals surface area contributed by atoms with Gasteiger partial charge < -0.3 is 20.1 Å². The molecule has 2 N–H and O–H groups in total. The molecular weight excluding hydrogens is 420 g/mol. The molecule has 0 bridgehead atoms. The summed E-state index contributed by atoms with van der Waals surface area (Å²) in [6, 6.07) is 6.30. The standard InChI is InChI=1S/C21H26N4O5S/c1-4-30-19(27)17-13(2)22-20(28)23-16(17)12-31-21-24-15-9-6-5-8-14(15)18(26)25(21)10-7-11-29-3/h5-6,8-9,13H,4,7,10-12H2,1-3H3,(H2,22,23,28). The topological polar surface area (TPSA) is 112 Å². The number of benzene rings is 1. The first kappa shape index (κ1) is 22.8. The van der Waals surface area contributed by atoms with Gasteiger partial charge in [0.15, 0.2) is 5.16 Å². The summed E-state index contributed by atoms with van der Waals surface area (Å²) in [7, 11) is 1.61. The van der Waals surface area contributed by atoms with E-state index >= 15 is 0 Å². The van der Waals surface area contributed by atoms with E-state index in [0.29, 0.717) is 46.9 Å². The molecule has 2 aromatic rings. The second-order valence-corrected chi connectivity index (χ2v) is 7.88. The summed E-state index contributed by atoms with van der Waals surface area (Å²) in [5.41, 5.74) is 1.28. The van der Waals surface area contributed by atoms with Crippen LogP contribution in [0.15, 0.2) is 45.5 Å². The predicted octanol–water partition coefficient (Wildman–Crippen LogP) is 2.04. The van der Waals surface area contributed by atoms with Crippen molar-refractivity contribution in [3.8, 4) is 0 Å². The van der Waals surface area contributed by atoms with Crippen molar-refractivity contribution in [2.75, 3.05) is 26.1 Å². The first-order valence-corrected chi connectivity index (χ1v) is 11.0. The van der Waals surface area contributed by atoms with E-state index in [1.54, 1.807) is 43.7 Å². The highest BCUT2D eigenvalue weighted by Gasteiger charge is 2.30. The molecule has 9 nitrogen and oxygen atoms in total. The number of carbonyl (C=O) groups is 2. The normalized spacial score (nSPS) is 16.2. The highest BCUT2D eigenvalue weighted by Crippen LogP contribution is 2.24. The lowest BCUT2D eigenvalue weighted by Gasteiger charge is -2.26. The van der Waals surface area contributed by atoms with Gasteiger partial charge in [0.25, 0.3) is 5.56 Å². The summed E-state index contributed by atoms with van der Waals surface area (Å²) < 4.78 is 11.9. The Balaban J connectivity index is 1.96. The van der Waals surface area contributed by atoms with Crippen molar-refractivity contribution in [3.63, 3.8) is 0 Å². The van der Waals surface area contributed by atoms with Gasteiger partial charge in [0, 0.05) is 31.7 Å². The van der Waals surface area contributed by atoms with Crippen molar-refractivity contribution < 1.29 is 19.1 Å². The number of fused-ring (bicyclic) bond motifs is 1. The Kier molecular flexibility index (Phi) is 7.69. The van der Waals surface area contributed by atoms with E-state index < -0.39 is 12.0 Å². The van der Waals surface area contributed by atoms with Gasteiger partial charge in [-0.3, -0.25) is 9.36 Å². The minimum atomic E-state index is -0.489. The number of hydrogen-bond donors (Lipinski definition) is 2. The third-order valence-corrected chi connectivity index (χ3v) is 5.77. The smallest absolute Gasteiger partial charge is 0.337 e. The van der Waals surface area contributed by atoms with Gasteiger partial charge in [0.1, 0.15) is 0 Å². The van der Waals surface area contributed by atoms with Gasteiger partial charge in [-0.25, -0.2) is 14.6 Å². The molecule has 0 fully saturated rings. The van der Waals surface area contributed by atoms with Crippen LogP contribution in [0.2, 0.25) is 0 Å². The molecule has 0 saturated heterocycles. The van der Waals surface area contributed by atoms with Gasteiger partial charge >= 0.3 is 12.0 Å². The maximum atomic E-state index is 13.1. The highest BCUT2D eigenvalue weighted by atomic mass is 32.2. The van der Waals surface area contributed by atoms with E-state index in [1.807, 2.05) is 6.07 Å². The van der Waals surface area contributed by atoms with Crippen LogP contribution in [0, 0.1) is 0 Å². The molecule has 0 radical (unpaired) electrons. The molecule has 166 valence electrons. The van der Waals surface area contributed by atoms with Crippen LogP contribution in [-0.4, -0.2) is 53.7 Å². The number of hydrogen-bond acceptors (Lipinski definition) is 7. The van der Waals surface area contributed by atoms with Gasteiger partial charge in [0.2, 0.25) is 0 Å². The number of carbonyl (C=O) groups excluding carboxylic acids is 2. The summed E-state index contributed by atoms with van der Waals surface area (Å²) in [6.45, 7) is 4.64. The molecule has 1 atom stereocenters. The van der Waals surface area contributed by atoms with E-state index in [4.69, 9.17) is 9.47 Å². The van der Waals surface area contributed by atoms with E-state index in [-0.39, 0.29) is 24.0 Å². The quantitative estimate of drug-likeness (QED) is 0.262. The first-order valence-electron chi connectivity index (χ1n) is 10.0. The SMILES string of the molecule is CCOC(=O)C1=C(CSc2nc3ccccc3c(=O)n2CCCOC)NC(=O)NC1C. The number of nitrogens with zero attached hydrogens (tertiary/aromatic N) is 2. The van der Waals surface area contributed by atoms with Crippen molar-refractivity contribution in [2.24, 2.45) is 0 Å². The van der Waals surface area contributed by atoms with Crippen LogP contribution in [0.4, 0.5) is 4.79 Å². The summed E-state index contributed by atoms with van der Waals surface area (Å²) in [6.07, 6.45) is 0.651. The molecule has 1 aromatic heterocycles. The molecule has 0 aliphatic carbocycles. The largest absolute Gasteiger partial charge is 0.463 e. The number of urea groups is 1. The summed E-state index contributed by atoms with van der Waals surface area (Å²) in [5.74, 6) is -0.233. The van der Waals surface area contributed by atoms with Gasteiger partial charge in [-0.15, -0.1) is 0 Å². The Morgan fingerprint density at radius 3 is 2.81 bits per heavy atom. The van der Waals surface area contributed by atoms with Gasteiger partial charge in [-0.2, -0.15) is 0 Å². The van der Waals surface area contributed by atoms with Crippen LogP contribution in [0.1, 0.15) is 20.3 Å². The minimum absolute atomic E-state index is 0.133. The second kappa shape index (κ2) is 10.5. The maximum absolute atomic E-state index is 13.1. The number of thioether (sulfide) groups is 1. The Labute approximate surface area is 184 Å². The van der Waals surface area contributed by atoms with Gasteiger partial charge in [-0.05, 0) is 32.4 Å². The number of methoxy groups -OCH3 is 1. The highest BCUT2D eigenvalue weighted by molar-refractivity contribution is 7.99. The Morgan fingerprint density at radius 1 is 1.29 bits per heavy atom. The van der Waals surface area contributed by atoms with Crippen LogP contribution < -0.4 is 16.2 Å². The molecular formula is C21H26N4O5S. The summed E-state index contributed by atoms with van der Waals surface area (Å²) in [4.78, 5) is 42.2. The van der Waals surface area contributed by atoms with Crippen LogP contribution in [0.3, 0.4) is 0 Å². The van der Waals surface area contributed by atoms with Crippen LogP contribution in [0.5, 0.6) is 0 Å². The zero-order chi connectivity index (χ0) is 22.4. The molecule has 1 aromatic carbocycles. The van der Waals surface area contributed by atoms with E-state index in [1.165, 1.54) is 11.8 Å². The lowest BCUT2D eigenvalue weighted by molar-refractivity contribution is -0.138. The molecule has 10 heteroatoms. The molecule has 2 amide bonds. The third-order valence-electron chi connectivity index (χ3n) is 4.77. The van der Waals surface area contributed by atoms with Crippen LogP contribution in [0.25, 0.3) is 10.9 Å². The minimum Gasteiger partial charge on any atom is -0.463 e. The Morgan fingerprint density at radius 2 is 2.06 bits per heavy atom. The Hall–Kier alpha value is -2.85. The number of amides is 2. The molecule has 1 aliphatic heterocycles. The molecule has 1 unspecified atom stereocenters. The maximum Gasteiger partial charge on any atom is 0.337 e. The molecule has 2 heterocycles. The molecule has 0 saturated carbocycles. The van der Waals surface area contributed by atoms with Crippen molar-refractivity contribution in [1.29, 1.82) is 0 Å². The van der Waals surface area contributed by atoms with Gasteiger partial charge in [-0.1, -0.05) is 23.9 Å². The van der Waals surface area contributed by atoms with Gasteiger partial charge in [0.05, 0.1) is 29.1 Å². The summed E-state index contributed by atoms with van der Waals surface area (Å²) in [5, 5.41) is 6.43. The average molecular weight is 447 g/mol. The molecule has 0 spiro atoms. The fourth-order valence-corrected chi connectivity index (χ4v) is 4.35. The van der Waals surface area contributed by atoms with E-state index in [2.05, 4.69) is 15.6 Å². The van der Waals surface area contributed by atoms with Crippen molar-refractivity contribution in [2.45, 2.75) is 38.0 Å². The van der Waals surface area contributed by atoms with Crippen molar-refractivity contribution in [3.05, 3.63) is 45.9 Å².